The SMILES string of the molecule is CNC(=O)CNC(C)c1cnn(C)c1. The molecule has 2 N–H and O–H groups in total. The summed E-state index contributed by atoms with van der Waals surface area (Å²) in [5, 5.41) is 9.71. The van der Waals surface area contributed by atoms with Crippen molar-refractivity contribution in [2.24, 2.45) is 7.05 Å². The number of carbonyl (C=O) groups is 1. The number of hydrogen-bond acceptors (Lipinski definition) is 3. The van der Waals surface area contributed by atoms with Gasteiger partial charge >= 0.3 is 0 Å². The highest BCUT2D eigenvalue weighted by atomic mass is 16.1. The lowest BCUT2D eigenvalue weighted by molar-refractivity contribution is -0.119. The first-order chi connectivity index (χ1) is 6.63. The zero-order chi connectivity index (χ0) is 10.6. The van der Waals surface area contributed by atoms with Crippen LogP contribution in [0, 0.1) is 0 Å². The molecule has 78 valence electrons. The lowest BCUT2D eigenvalue weighted by Crippen LogP contribution is -2.32. The molecule has 1 atom stereocenters. The Labute approximate surface area is 83.5 Å². The average molecular weight is 196 g/mol. The molecule has 5 heteroatoms. The van der Waals surface area contributed by atoms with Crippen molar-refractivity contribution in [1.29, 1.82) is 0 Å². The standard InChI is InChI=1S/C9H16N4O/c1-7(11-5-9(14)10-2)8-4-12-13(3)6-8/h4,6-7,11H,5H2,1-3H3,(H,10,14). The highest BCUT2D eigenvalue weighted by Gasteiger charge is 2.07. The van der Waals surface area contributed by atoms with Gasteiger partial charge in [-0.05, 0) is 6.92 Å². The summed E-state index contributed by atoms with van der Waals surface area (Å²) in [5.41, 5.74) is 1.08. The fraction of sp³-hybridized carbons (Fsp3) is 0.556. The molecule has 0 spiro atoms. The predicted molar refractivity (Wildman–Crippen MR) is 53.7 cm³/mol. The maximum atomic E-state index is 11.0. The van der Waals surface area contributed by atoms with E-state index in [1.807, 2.05) is 20.2 Å². The Kier molecular flexibility index (Phi) is 3.64. The van der Waals surface area contributed by atoms with Crippen LogP contribution in [0.3, 0.4) is 0 Å². The third-order valence-corrected chi connectivity index (χ3v) is 2.07. The number of likely N-dealkylation sites (N-methyl/N-ethyl adjacent to an activating group) is 1. The molecule has 1 rings (SSSR count). The van der Waals surface area contributed by atoms with Crippen LogP contribution in [0.5, 0.6) is 0 Å². The molecule has 0 saturated heterocycles. The number of carbonyl (C=O) groups excluding carboxylic acids is 1. The maximum Gasteiger partial charge on any atom is 0.233 e. The molecular weight excluding hydrogens is 180 g/mol. The van der Waals surface area contributed by atoms with Crippen LogP contribution >= 0.6 is 0 Å². The first kappa shape index (κ1) is 10.7. The summed E-state index contributed by atoms with van der Waals surface area (Å²) in [6.07, 6.45) is 3.73. The van der Waals surface area contributed by atoms with E-state index in [1.165, 1.54) is 0 Å². The molecule has 5 nitrogen and oxygen atoms in total. The minimum Gasteiger partial charge on any atom is -0.358 e. The number of hydrogen-bond donors (Lipinski definition) is 2. The van der Waals surface area contributed by atoms with E-state index in [9.17, 15) is 4.79 Å². The number of aryl methyl sites for hydroxylation is 1. The van der Waals surface area contributed by atoms with E-state index in [2.05, 4.69) is 15.7 Å². The molecule has 1 aromatic rings. The molecular formula is C9H16N4O. The number of rotatable bonds is 4. The molecule has 0 radical (unpaired) electrons. The number of amides is 1. The van der Waals surface area contributed by atoms with Gasteiger partial charge in [-0.15, -0.1) is 0 Å². The van der Waals surface area contributed by atoms with Gasteiger partial charge in [-0.25, -0.2) is 0 Å². The van der Waals surface area contributed by atoms with Crippen LogP contribution in [0.1, 0.15) is 18.5 Å². The molecule has 0 aliphatic rings. The monoisotopic (exact) mass is 196 g/mol. The predicted octanol–water partition coefficient (Wildman–Crippen LogP) is -0.183. The van der Waals surface area contributed by atoms with E-state index in [-0.39, 0.29) is 11.9 Å². The normalized spacial score (nSPS) is 12.5. The number of nitrogens with zero attached hydrogens (tertiary/aromatic N) is 2. The Morgan fingerprint density at radius 3 is 2.93 bits per heavy atom. The Morgan fingerprint density at radius 1 is 1.71 bits per heavy atom. The average Bonchev–Trinajstić information content (AvgIpc) is 2.60. The quantitative estimate of drug-likeness (QED) is 0.702. The van der Waals surface area contributed by atoms with Crippen LogP contribution < -0.4 is 10.6 Å². The van der Waals surface area contributed by atoms with Gasteiger partial charge in [0.2, 0.25) is 5.91 Å². The minimum absolute atomic E-state index is 0.0132. The van der Waals surface area contributed by atoms with Gasteiger partial charge in [0.05, 0.1) is 12.7 Å². The summed E-state index contributed by atoms with van der Waals surface area (Å²) < 4.78 is 1.74. The lowest BCUT2D eigenvalue weighted by Gasteiger charge is -2.10. The van der Waals surface area contributed by atoms with Crippen molar-refractivity contribution in [1.82, 2.24) is 20.4 Å². The molecule has 0 bridgehead atoms. The van der Waals surface area contributed by atoms with Gasteiger partial charge in [0, 0.05) is 31.9 Å². The Bertz CT molecular complexity index is 308. The van der Waals surface area contributed by atoms with E-state index in [0.29, 0.717) is 6.54 Å². The van der Waals surface area contributed by atoms with E-state index in [1.54, 1.807) is 17.9 Å². The Balaban J connectivity index is 2.42. The first-order valence-corrected chi connectivity index (χ1v) is 4.56. The highest BCUT2D eigenvalue weighted by Crippen LogP contribution is 2.09. The lowest BCUT2D eigenvalue weighted by atomic mass is 10.2. The Hall–Kier alpha value is -1.36. The summed E-state index contributed by atoms with van der Waals surface area (Å²) in [5.74, 6) is -0.0132. The van der Waals surface area contributed by atoms with Crippen molar-refractivity contribution >= 4 is 5.91 Å². The molecule has 0 saturated carbocycles. The van der Waals surface area contributed by atoms with Crippen molar-refractivity contribution in [3.05, 3.63) is 18.0 Å². The van der Waals surface area contributed by atoms with E-state index in [0.717, 1.165) is 5.56 Å². The van der Waals surface area contributed by atoms with Gasteiger partial charge in [-0.2, -0.15) is 5.10 Å². The molecule has 14 heavy (non-hydrogen) atoms. The minimum atomic E-state index is -0.0132. The second-order valence-electron chi connectivity index (χ2n) is 3.22. The van der Waals surface area contributed by atoms with Crippen LogP contribution in [-0.2, 0) is 11.8 Å². The Morgan fingerprint density at radius 2 is 2.43 bits per heavy atom. The van der Waals surface area contributed by atoms with Gasteiger partial charge in [0.15, 0.2) is 0 Å². The summed E-state index contributed by atoms with van der Waals surface area (Å²) in [6.45, 7) is 2.33. The topological polar surface area (TPSA) is 59.0 Å². The first-order valence-electron chi connectivity index (χ1n) is 4.56. The molecule has 1 heterocycles. The van der Waals surface area contributed by atoms with E-state index in [4.69, 9.17) is 0 Å². The number of aromatic nitrogens is 2. The fourth-order valence-corrected chi connectivity index (χ4v) is 1.12. The molecule has 1 unspecified atom stereocenters. The van der Waals surface area contributed by atoms with Gasteiger partial charge in [0.25, 0.3) is 0 Å². The van der Waals surface area contributed by atoms with E-state index < -0.39 is 0 Å². The van der Waals surface area contributed by atoms with Gasteiger partial charge in [-0.3, -0.25) is 9.48 Å². The zero-order valence-electron chi connectivity index (χ0n) is 8.74. The van der Waals surface area contributed by atoms with Gasteiger partial charge in [-0.1, -0.05) is 0 Å². The molecule has 1 amide bonds. The van der Waals surface area contributed by atoms with Crippen molar-refractivity contribution in [2.45, 2.75) is 13.0 Å². The smallest absolute Gasteiger partial charge is 0.233 e. The molecule has 0 aromatic carbocycles. The largest absolute Gasteiger partial charge is 0.358 e. The fourth-order valence-electron chi connectivity index (χ4n) is 1.12. The van der Waals surface area contributed by atoms with Crippen LogP contribution in [0.15, 0.2) is 12.4 Å². The van der Waals surface area contributed by atoms with Crippen LogP contribution in [0.4, 0.5) is 0 Å². The second kappa shape index (κ2) is 4.76. The molecule has 0 fully saturated rings. The van der Waals surface area contributed by atoms with Crippen LogP contribution in [0.2, 0.25) is 0 Å². The summed E-state index contributed by atoms with van der Waals surface area (Å²) >= 11 is 0. The third kappa shape index (κ3) is 2.85. The van der Waals surface area contributed by atoms with Crippen LogP contribution in [0.25, 0.3) is 0 Å². The maximum absolute atomic E-state index is 11.0. The van der Waals surface area contributed by atoms with Gasteiger partial charge < -0.3 is 10.6 Å². The van der Waals surface area contributed by atoms with Crippen molar-refractivity contribution in [3.63, 3.8) is 0 Å². The van der Waals surface area contributed by atoms with Crippen molar-refractivity contribution in [3.8, 4) is 0 Å². The highest BCUT2D eigenvalue weighted by molar-refractivity contribution is 5.77. The second-order valence-corrected chi connectivity index (χ2v) is 3.22. The van der Waals surface area contributed by atoms with E-state index >= 15 is 0 Å². The molecule has 0 aliphatic heterocycles. The molecule has 1 aromatic heterocycles. The third-order valence-electron chi connectivity index (χ3n) is 2.07. The van der Waals surface area contributed by atoms with Crippen LogP contribution in [-0.4, -0.2) is 29.3 Å². The number of nitrogens with one attached hydrogen (secondary N) is 2. The summed E-state index contributed by atoms with van der Waals surface area (Å²) in [6, 6.07) is 0.140. The van der Waals surface area contributed by atoms with Crippen molar-refractivity contribution < 1.29 is 4.79 Å². The summed E-state index contributed by atoms with van der Waals surface area (Å²) in [7, 11) is 3.49. The summed E-state index contributed by atoms with van der Waals surface area (Å²) in [4.78, 5) is 11.0. The zero-order valence-corrected chi connectivity index (χ0v) is 8.74. The van der Waals surface area contributed by atoms with Crippen molar-refractivity contribution in [2.75, 3.05) is 13.6 Å². The van der Waals surface area contributed by atoms with Gasteiger partial charge in [0.1, 0.15) is 0 Å². The molecule has 0 aliphatic carbocycles.